The Balaban J connectivity index is 1.65. The SMILES string of the molecule is Cc1cc(-c2nc(-c3ccc(CO)c(CO)c3)no2)ccc1-c1ccccc1. The van der Waals surface area contributed by atoms with E-state index in [1.807, 2.05) is 36.4 Å². The molecule has 0 saturated heterocycles. The highest BCUT2D eigenvalue weighted by Crippen LogP contribution is 2.29. The molecule has 0 saturated carbocycles. The van der Waals surface area contributed by atoms with Crippen LogP contribution in [0.4, 0.5) is 0 Å². The summed E-state index contributed by atoms with van der Waals surface area (Å²) < 4.78 is 5.46. The van der Waals surface area contributed by atoms with Crippen LogP contribution in [0.2, 0.25) is 0 Å². The maximum atomic E-state index is 9.48. The lowest BCUT2D eigenvalue weighted by Crippen LogP contribution is -1.95. The fourth-order valence-corrected chi connectivity index (χ4v) is 3.26. The Morgan fingerprint density at radius 3 is 2.25 bits per heavy atom. The second-order valence-electron chi connectivity index (χ2n) is 6.62. The van der Waals surface area contributed by atoms with Crippen molar-refractivity contribution in [2.24, 2.45) is 0 Å². The molecular weight excluding hydrogens is 352 g/mol. The van der Waals surface area contributed by atoms with E-state index < -0.39 is 0 Å². The molecule has 0 spiro atoms. The van der Waals surface area contributed by atoms with Crippen molar-refractivity contribution in [2.75, 3.05) is 0 Å². The third-order valence-electron chi connectivity index (χ3n) is 4.79. The summed E-state index contributed by atoms with van der Waals surface area (Å²) in [4.78, 5) is 4.50. The zero-order valence-corrected chi connectivity index (χ0v) is 15.5. The van der Waals surface area contributed by atoms with Crippen LogP contribution in [0, 0.1) is 6.92 Å². The number of hydrogen-bond donors (Lipinski definition) is 2. The Morgan fingerprint density at radius 1 is 0.786 bits per heavy atom. The summed E-state index contributed by atoms with van der Waals surface area (Å²) in [6.07, 6.45) is 0. The molecule has 4 rings (SSSR count). The van der Waals surface area contributed by atoms with Crippen molar-refractivity contribution >= 4 is 0 Å². The number of benzene rings is 3. The molecule has 28 heavy (non-hydrogen) atoms. The zero-order valence-electron chi connectivity index (χ0n) is 15.5. The fourth-order valence-electron chi connectivity index (χ4n) is 3.26. The summed E-state index contributed by atoms with van der Waals surface area (Å²) in [6, 6.07) is 21.6. The van der Waals surface area contributed by atoms with E-state index in [0.29, 0.717) is 22.8 Å². The average molecular weight is 372 g/mol. The van der Waals surface area contributed by atoms with Crippen LogP contribution < -0.4 is 0 Å². The van der Waals surface area contributed by atoms with Crippen molar-refractivity contribution in [1.29, 1.82) is 0 Å². The first kappa shape index (κ1) is 18.1. The van der Waals surface area contributed by atoms with Gasteiger partial charge in [0.2, 0.25) is 5.82 Å². The maximum Gasteiger partial charge on any atom is 0.258 e. The van der Waals surface area contributed by atoms with Gasteiger partial charge in [0.05, 0.1) is 13.2 Å². The number of nitrogens with zero attached hydrogens (tertiary/aromatic N) is 2. The second-order valence-corrected chi connectivity index (χ2v) is 6.62. The Hall–Kier alpha value is -3.28. The molecule has 1 heterocycles. The number of aliphatic hydroxyl groups excluding tert-OH is 2. The van der Waals surface area contributed by atoms with Gasteiger partial charge in [-0.25, -0.2) is 0 Å². The molecule has 0 aliphatic heterocycles. The van der Waals surface area contributed by atoms with Crippen LogP contribution in [0.5, 0.6) is 0 Å². The van der Waals surface area contributed by atoms with Gasteiger partial charge in [0, 0.05) is 11.1 Å². The van der Waals surface area contributed by atoms with E-state index in [9.17, 15) is 10.2 Å². The van der Waals surface area contributed by atoms with E-state index in [2.05, 4.69) is 35.3 Å². The predicted octanol–water partition coefficient (Wildman–Crippen LogP) is 4.36. The number of aliphatic hydroxyl groups is 2. The van der Waals surface area contributed by atoms with Crippen molar-refractivity contribution in [3.05, 3.63) is 83.4 Å². The lowest BCUT2D eigenvalue weighted by Gasteiger charge is -2.07. The molecule has 5 nitrogen and oxygen atoms in total. The summed E-state index contributed by atoms with van der Waals surface area (Å²) >= 11 is 0. The average Bonchev–Trinajstić information content (AvgIpc) is 3.24. The van der Waals surface area contributed by atoms with E-state index in [4.69, 9.17) is 4.52 Å². The normalized spacial score (nSPS) is 11.0. The standard InChI is InChI=1S/C23H20N2O3/c1-15-11-18(9-10-21(15)16-5-3-2-4-6-16)23-24-22(25-28-23)17-7-8-19(13-26)20(12-17)14-27/h2-12,26-27H,13-14H2,1H3. The summed E-state index contributed by atoms with van der Waals surface area (Å²) in [5, 5.41) is 22.9. The van der Waals surface area contributed by atoms with Gasteiger partial charge in [0.25, 0.3) is 5.89 Å². The molecule has 1 aromatic heterocycles. The highest BCUT2D eigenvalue weighted by Gasteiger charge is 2.13. The highest BCUT2D eigenvalue weighted by atomic mass is 16.5. The molecule has 4 aromatic rings. The minimum atomic E-state index is -0.158. The van der Waals surface area contributed by atoms with Crippen LogP contribution >= 0.6 is 0 Å². The van der Waals surface area contributed by atoms with Crippen molar-refractivity contribution in [3.8, 4) is 34.0 Å². The Kier molecular flexibility index (Phi) is 5.02. The Labute approximate surface area is 162 Å². The molecule has 5 heteroatoms. The highest BCUT2D eigenvalue weighted by molar-refractivity contribution is 5.71. The van der Waals surface area contributed by atoms with Crippen LogP contribution in [-0.2, 0) is 13.2 Å². The van der Waals surface area contributed by atoms with E-state index >= 15 is 0 Å². The first-order chi connectivity index (χ1) is 13.7. The van der Waals surface area contributed by atoms with E-state index in [0.717, 1.165) is 22.3 Å². The molecule has 0 aliphatic carbocycles. The second kappa shape index (κ2) is 7.76. The minimum absolute atomic E-state index is 0.124. The number of rotatable bonds is 5. The largest absolute Gasteiger partial charge is 0.392 e. The van der Waals surface area contributed by atoms with Crippen molar-refractivity contribution < 1.29 is 14.7 Å². The third-order valence-corrected chi connectivity index (χ3v) is 4.79. The van der Waals surface area contributed by atoms with Gasteiger partial charge in [-0.15, -0.1) is 0 Å². The van der Waals surface area contributed by atoms with Crippen LogP contribution in [0.3, 0.4) is 0 Å². The molecule has 0 amide bonds. The molecule has 0 unspecified atom stereocenters. The van der Waals surface area contributed by atoms with Crippen LogP contribution in [0.15, 0.2) is 71.3 Å². The molecule has 3 aromatic carbocycles. The van der Waals surface area contributed by atoms with Crippen molar-refractivity contribution in [2.45, 2.75) is 20.1 Å². The van der Waals surface area contributed by atoms with Crippen LogP contribution in [0.25, 0.3) is 34.0 Å². The van der Waals surface area contributed by atoms with Crippen LogP contribution in [0.1, 0.15) is 16.7 Å². The van der Waals surface area contributed by atoms with Gasteiger partial charge in [-0.05, 0) is 52.9 Å². The molecule has 0 fully saturated rings. The smallest absolute Gasteiger partial charge is 0.258 e. The number of hydrogen-bond acceptors (Lipinski definition) is 5. The zero-order chi connectivity index (χ0) is 19.5. The summed E-state index contributed by atoms with van der Waals surface area (Å²) in [7, 11) is 0. The first-order valence-electron chi connectivity index (χ1n) is 9.03. The molecular formula is C23H20N2O3. The monoisotopic (exact) mass is 372 g/mol. The van der Waals surface area contributed by atoms with E-state index in [1.54, 1.807) is 12.1 Å². The summed E-state index contributed by atoms with van der Waals surface area (Å²) in [6.45, 7) is 1.78. The third kappa shape index (κ3) is 3.45. The lowest BCUT2D eigenvalue weighted by atomic mass is 9.98. The Bertz CT molecular complexity index is 1100. The van der Waals surface area contributed by atoms with Crippen LogP contribution in [-0.4, -0.2) is 20.4 Å². The lowest BCUT2D eigenvalue weighted by molar-refractivity contribution is 0.260. The first-order valence-corrected chi connectivity index (χ1v) is 9.03. The predicted molar refractivity (Wildman–Crippen MR) is 107 cm³/mol. The molecule has 140 valence electrons. The van der Waals surface area contributed by atoms with Crippen molar-refractivity contribution in [3.63, 3.8) is 0 Å². The van der Waals surface area contributed by atoms with Gasteiger partial charge in [0.15, 0.2) is 0 Å². The van der Waals surface area contributed by atoms with Gasteiger partial charge in [0.1, 0.15) is 0 Å². The van der Waals surface area contributed by atoms with Gasteiger partial charge in [-0.1, -0.05) is 53.7 Å². The molecule has 0 atom stereocenters. The molecule has 0 radical (unpaired) electrons. The number of aryl methyl sites for hydroxylation is 1. The van der Waals surface area contributed by atoms with Gasteiger partial charge >= 0.3 is 0 Å². The fraction of sp³-hybridized carbons (Fsp3) is 0.130. The maximum absolute atomic E-state index is 9.48. The topological polar surface area (TPSA) is 79.4 Å². The summed E-state index contributed by atoms with van der Waals surface area (Å²) in [5.74, 6) is 0.883. The van der Waals surface area contributed by atoms with Gasteiger partial charge in [-0.2, -0.15) is 4.98 Å². The Morgan fingerprint density at radius 2 is 1.54 bits per heavy atom. The van der Waals surface area contributed by atoms with E-state index in [-0.39, 0.29) is 13.2 Å². The molecule has 2 N–H and O–H groups in total. The quantitative estimate of drug-likeness (QED) is 0.544. The molecule has 0 aliphatic rings. The van der Waals surface area contributed by atoms with Crippen molar-refractivity contribution in [1.82, 2.24) is 10.1 Å². The van der Waals surface area contributed by atoms with Gasteiger partial charge < -0.3 is 14.7 Å². The molecule has 0 bridgehead atoms. The minimum Gasteiger partial charge on any atom is -0.392 e. The summed E-state index contributed by atoms with van der Waals surface area (Å²) in [5.41, 5.74) is 6.36. The van der Waals surface area contributed by atoms with E-state index in [1.165, 1.54) is 5.56 Å². The number of aromatic nitrogens is 2. The van der Waals surface area contributed by atoms with Gasteiger partial charge in [-0.3, -0.25) is 0 Å².